The van der Waals surface area contributed by atoms with Crippen molar-refractivity contribution < 1.29 is 9.32 Å². The number of amides is 1. The van der Waals surface area contributed by atoms with Gasteiger partial charge in [-0.2, -0.15) is 4.98 Å². The van der Waals surface area contributed by atoms with E-state index in [9.17, 15) is 4.79 Å². The summed E-state index contributed by atoms with van der Waals surface area (Å²) < 4.78 is 5.45. The van der Waals surface area contributed by atoms with Gasteiger partial charge in [0.25, 0.3) is 5.71 Å². The van der Waals surface area contributed by atoms with Gasteiger partial charge in [-0.3, -0.25) is 4.79 Å². The lowest BCUT2D eigenvalue weighted by Crippen LogP contribution is -2.26. The summed E-state index contributed by atoms with van der Waals surface area (Å²) in [6.45, 7) is 6.46. The molecule has 7 nitrogen and oxygen atoms in total. The molecule has 1 aromatic carbocycles. The zero-order valence-corrected chi connectivity index (χ0v) is 17.8. The van der Waals surface area contributed by atoms with Gasteiger partial charge in [0, 0.05) is 32.5 Å². The van der Waals surface area contributed by atoms with Gasteiger partial charge in [-0.1, -0.05) is 47.8 Å². The molecule has 0 aliphatic carbocycles. The van der Waals surface area contributed by atoms with Gasteiger partial charge in [-0.25, -0.2) is 4.98 Å². The van der Waals surface area contributed by atoms with Crippen molar-refractivity contribution in [2.75, 3.05) is 18.0 Å². The smallest absolute Gasteiger partial charge is 0.263 e. The van der Waals surface area contributed by atoms with Crippen molar-refractivity contribution in [2.24, 2.45) is 0 Å². The highest BCUT2D eigenvalue weighted by molar-refractivity contribution is 5.88. The fourth-order valence-corrected chi connectivity index (χ4v) is 3.86. The van der Waals surface area contributed by atoms with E-state index in [1.54, 1.807) is 0 Å². The lowest BCUT2D eigenvalue weighted by Gasteiger charge is -2.22. The maximum absolute atomic E-state index is 12.3. The Morgan fingerprint density at radius 2 is 1.80 bits per heavy atom. The fraction of sp³-hybridized carbons (Fsp3) is 0.478. The van der Waals surface area contributed by atoms with Crippen LogP contribution in [0.25, 0.3) is 11.1 Å². The second-order valence-electron chi connectivity index (χ2n) is 8.08. The van der Waals surface area contributed by atoms with Crippen LogP contribution >= 0.6 is 0 Å². The molecule has 1 fully saturated rings. The minimum Gasteiger partial charge on any atom is -0.356 e. The first kappa shape index (κ1) is 20.3. The number of hydrogen-bond donors (Lipinski definition) is 1. The van der Waals surface area contributed by atoms with Gasteiger partial charge in [-0.15, -0.1) is 0 Å². The van der Waals surface area contributed by atoms with E-state index < -0.39 is 0 Å². The molecule has 1 saturated heterocycles. The Morgan fingerprint density at radius 1 is 1.07 bits per heavy atom. The number of aromatic nitrogens is 3. The molecule has 3 heterocycles. The number of anilines is 1. The summed E-state index contributed by atoms with van der Waals surface area (Å²) in [5.74, 6) is 1.52. The minimum atomic E-state index is -0.00987. The van der Waals surface area contributed by atoms with Gasteiger partial charge >= 0.3 is 0 Å². The number of carbonyl (C=O) groups is 1. The van der Waals surface area contributed by atoms with Crippen LogP contribution in [-0.4, -0.2) is 34.1 Å². The average Bonchev–Trinajstić information content (AvgIpc) is 2.95. The third-order valence-corrected chi connectivity index (χ3v) is 5.63. The summed E-state index contributed by atoms with van der Waals surface area (Å²) >= 11 is 0. The van der Waals surface area contributed by atoms with Gasteiger partial charge in [0.2, 0.25) is 5.91 Å². The minimum absolute atomic E-state index is 0.00987. The van der Waals surface area contributed by atoms with Gasteiger partial charge in [-0.05, 0) is 32.3 Å². The first-order valence-electron chi connectivity index (χ1n) is 10.8. The van der Waals surface area contributed by atoms with Crippen molar-refractivity contribution in [1.82, 2.24) is 20.4 Å². The molecule has 3 aromatic rings. The topological polar surface area (TPSA) is 84.2 Å². The highest BCUT2D eigenvalue weighted by Crippen LogP contribution is 2.29. The average molecular weight is 408 g/mol. The molecule has 0 bridgehead atoms. The number of hydrogen-bond acceptors (Lipinski definition) is 6. The normalized spacial score (nSPS) is 14.7. The van der Waals surface area contributed by atoms with E-state index in [4.69, 9.17) is 9.51 Å². The number of rotatable bonds is 6. The molecule has 1 aliphatic rings. The van der Waals surface area contributed by atoms with E-state index in [0.717, 1.165) is 48.4 Å². The Balaban J connectivity index is 1.44. The highest BCUT2D eigenvalue weighted by Gasteiger charge is 2.21. The zero-order chi connectivity index (χ0) is 20.9. The summed E-state index contributed by atoms with van der Waals surface area (Å²) in [6, 6.07) is 8.17. The monoisotopic (exact) mass is 407 g/mol. The van der Waals surface area contributed by atoms with E-state index in [0.29, 0.717) is 30.9 Å². The molecule has 2 aromatic heterocycles. The van der Waals surface area contributed by atoms with E-state index in [-0.39, 0.29) is 5.91 Å². The predicted octanol–water partition coefficient (Wildman–Crippen LogP) is 3.86. The van der Waals surface area contributed by atoms with Crippen molar-refractivity contribution in [3.8, 4) is 0 Å². The van der Waals surface area contributed by atoms with E-state index in [2.05, 4.69) is 27.3 Å². The quantitative estimate of drug-likeness (QED) is 0.668. The number of benzene rings is 1. The third-order valence-electron chi connectivity index (χ3n) is 5.63. The van der Waals surface area contributed by atoms with Gasteiger partial charge in [0.05, 0.1) is 5.69 Å². The van der Waals surface area contributed by atoms with Gasteiger partial charge < -0.3 is 14.7 Å². The number of aryl methyl sites for hydroxylation is 3. The fourth-order valence-electron chi connectivity index (χ4n) is 3.86. The van der Waals surface area contributed by atoms with Crippen molar-refractivity contribution in [2.45, 2.75) is 58.9 Å². The van der Waals surface area contributed by atoms with Crippen LogP contribution in [0.4, 0.5) is 5.82 Å². The summed E-state index contributed by atoms with van der Waals surface area (Å²) in [5.41, 5.74) is 3.62. The van der Waals surface area contributed by atoms with Crippen LogP contribution in [0.3, 0.4) is 0 Å². The Hall–Kier alpha value is -2.96. The summed E-state index contributed by atoms with van der Waals surface area (Å²) in [7, 11) is 0. The molecule has 158 valence electrons. The van der Waals surface area contributed by atoms with Crippen LogP contribution in [0.5, 0.6) is 0 Å². The Bertz CT molecular complexity index is 1000. The highest BCUT2D eigenvalue weighted by atomic mass is 16.5. The predicted molar refractivity (Wildman–Crippen MR) is 116 cm³/mol. The third kappa shape index (κ3) is 4.78. The van der Waals surface area contributed by atoms with E-state index in [1.807, 2.05) is 31.2 Å². The zero-order valence-electron chi connectivity index (χ0n) is 17.8. The second-order valence-corrected chi connectivity index (χ2v) is 8.08. The molecule has 0 radical (unpaired) electrons. The molecule has 0 unspecified atom stereocenters. The lowest BCUT2D eigenvalue weighted by molar-refractivity contribution is -0.121. The first-order valence-corrected chi connectivity index (χ1v) is 10.8. The molecule has 4 rings (SSSR count). The van der Waals surface area contributed by atoms with Crippen LogP contribution in [0.1, 0.15) is 54.7 Å². The molecular formula is C23H29N5O2. The van der Waals surface area contributed by atoms with Crippen molar-refractivity contribution in [3.05, 3.63) is 46.9 Å². The maximum atomic E-state index is 12.3. The lowest BCUT2D eigenvalue weighted by atomic mass is 10.1. The summed E-state index contributed by atoms with van der Waals surface area (Å²) in [5, 5.41) is 7.97. The molecule has 1 aliphatic heterocycles. The molecule has 0 spiro atoms. The Labute approximate surface area is 176 Å². The summed E-state index contributed by atoms with van der Waals surface area (Å²) in [6.07, 6.45) is 5.63. The van der Waals surface area contributed by atoms with E-state index in [1.165, 1.54) is 18.4 Å². The first-order chi connectivity index (χ1) is 14.6. The van der Waals surface area contributed by atoms with Crippen LogP contribution in [0.15, 0.2) is 28.8 Å². The molecule has 30 heavy (non-hydrogen) atoms. The summed E-state index contributed by atoms with van der Waals surface area (Å²) in [4.78, 5) is 24.0. The Morgan fingerprint density at radius 3 is 2.53 bits per heavy atom. The number of fused-ring (bicyclic) bond motifs is 1. The van der Waals surface area contributed by atoms with E-state index >= 15 is 0 Å². The second kappa shape index (κ2) is 9.24. The van der Waals surface area contributed by atoms with Crippen molar-refractivity contribution >= 4 is 22.8 Å². The maximum Gasteiger partial charge on any atom is 0.263 e. The number of carbonyl (C=O) groups excluding carboxylic acids is 1. The largest absolute Gasteiger partial charge is 0.356 e. The Kier molecular flexibility index (Phi) is 6.26. The van der Waals surface area contributed by atoms with Crippen LogP contribution in [-0.2, 0) is 17.8 Å². The molecule has 0 atom stereocenters. The molecular weight excluding hydrogens is 378 g/mol. The van der Waals surface area contributed by atoms with Gasteiger partial charge in [0.15, 0.2) is 0 Å². The van der Waals surface area contributed by atoms with Crippen molar-refractivity contribution in [3.63, 3.8) is 0 Å². The van der Waals surface area contributed by atoms with Gasteiger partial charge in [0.1, 0.15) is 17.0 Å². The molecule has 7 heteroatoms. The van der Waals surface area contributed by atoms with Crippen LogP contribution in [0, 0.1) is 13.8 Å². The number of nitrogens with zero attached hydrogens (tertiary/aromatic N) is 4. The molecule has 1 N–H and O–H groups in total. The molecule has 0 saturated carbocycles. The number of nitrogens with one attached hydrogen (secondary N) is 1. The SMILES string of the molecule is Cc1ccc(CNC(=O)CCc2nc(N3CCCCCC3)c3c(C)noc3n2)cc1. The molecule has 1 amide bonds. The standard InChI is InChI=1S/C23H29N5O2/c1-16-7-9-18(10-8-16)15-24-20(29)12-11-19-25-22(28-13-5-3-4-6-14-28)21-17(2)27-30-23(21)26-19/h7-10H,3-6,11-15H2,1-2H3,(H,24,29). The van der Waals surface area contributed by atoms with Crippen LogP contribution in [0.2, 0.25) is 0 Å². The van der Waals surface area contributed by atoms with Crippen molar-refractivity contribution in [1.29, 1.82) is 0 Å². The van der Waals surface area contributed by atoms with Crippen LogP contribution < -0.4 is 10.2 Å².